The van der Waals surface area contributed by atoms with E-state index in [4.69, 9.17) is 4.74 Å². The normalized spacial score (nSPS) is 18.9. The maximum Gasteiger partial charge on any atom is 0.0862 e. The van der Waals surface area contributed by atoms with Crippen molar-refractivity contribution in [3.63, 3.8) is 0 Å². The van der Waals surface area contributed by atoms with Crippen LogP contribution in [-0.4, -0.2) is 32.1 Å². The van der Waals surface area contributed by atoms with Crippen molar-refractivity contribution in [3.8, 4) is 0 Å². The molecule has 124 valence electrons. The van der Waals surface area contributed by atoms with Crippen molar-refractivity contribution in [1.29, 1.82) is 0 Å². The summed E-state index contributed by atoms with van der Waals surface area (Å²) < 4.78 is 6.05. The van der Waals surface area contributed by atoms with E-state index in [2.05, 4.69) is 66.2 Å². The first kappa shape index (κ1) is 18.7. The second-order valence-electron chi connectivity index (χ2n) is 5.21. The average molecular weight is 368 g/mol. The molecule has 2 aromatic carbocycles. The van der Waals surface area contributed by atoms with Crippen molar-refractivity contribution in [3.05, 3.63) is 60.2 Å². The van der Waals surface area contributed by atoms with E-state index in [0.717, 1.165) is 19.7 Å². The summed E-state index contributed by atoms with van der Waals surface area (Å²) in [5.74, 6) is 0. The average Bonchev–Trinajstić information content (AvgIpc) is 2.61. The summed E-state index contributed by atoms with van der Waals surface area (Å²) in [4.78, 5) is 2.66. The third-order valence-electron chi connectivity index (χ3n) is 3.75. The molecule has 0 aromatic heterocycles. The fraction of sp³-hybridized carbons (Fsp3) is 0.333. The van der Waals surface area contributed by atoms with Crippen LogP contribution < -0.4 is 5.32 Å². The minimum Gasteiger partial charge on any atom is -0.374 e. The number of ether oxygens (including phenoxy) is 1. The fourth-order valence-electron chi connectivity index (χ4n) is 2.63. The summed E-state index contributed by atoms with van der Waals surface area (Å²) in [6.45, 7) is 2.65. The fourth-order valence-corrected chi connectivity index (χ4v) is 4.75. The Hall–Kier alpha value is -0.650. The first-order chi connectivity index (χ1) is 10.9. The summed E-state index contributed by atoms with van der Waals surface area (Å²) in [7, 11) is 0. The topological polar surface area (TPSA) is 21.3 Å². The number of hydrogen-bond donors (Lipinski definition) is 1. The Labute approximate surface area is 153 Å². The van der Waals surface area contributed by atoms with Gasteiger partial charge in [-0.2, -0.15) is 0 Å². The largest absolute Gasteiger partial charge is 0.374 e. The number of hydrogen-bond acceptors (Lipinski definition) is 4. The molecular weight excluding hydrogens is 346 g/mol. The molecule has 0 radical (unpaired) electrons. The zero-order chi connectivity index (χ0) is 15.2. The zero-order valence-corrected chi connectivity index (χ0v) is 15.6. The van der Waals surface area contributed by atoms with Crippen LogP contribution in [0, 0.1) is 0 Å². The second-order valence-corrected chi connectivity index (χ2v) is 7.24. The molecule has 0 spiro atoms. The molecule has 5 heteroatoms. The molecule has 2 nitrogen and oxygen atoms in total. The van der Waals surface area contributed by atoms with Gasteiger partial charge >= 0.3 is 0 Å². The Morgan fingerprint density at radius 1 is 1.04 bits per heavy atom. The highest BCUT2D eigenvalue weighted by Gasteiger charge is 2.27. The van der Waals surface area contributed by atoms with Crippen LogP contribution in [0.3, 0.4) is 0 Å². The van der Waals surface area contributed by atoms with E-state index in [9.17, 15) is 0 Å². The van der Waals surface area contributed by atoms with E-state index < -0.39 is 0 Å². The van der Waals surface area contributed by atoms with E-state index in [1.54, 1.807) is 11.8 Å². The summed E-state index contributed by atoms with van der Waals surface area (Å²) in [5.41, 5.74) is 1.33. The quantitative estimate of drug-likeness (QED) is 0.776. The van der Waals surface area contributed by atoms with Crippen LogP contribution in [0.5, 0.6) is 0 Å². The second kappa shape index (κ2) is 9.60. The molecule has 1 unspecified atom stereocenters. The monoisotopic (exact) mass is 367 g/mol. The third kappa shape index (κ3) is 4.91. The standard InChI is InChI=1S/C18H21NOS2.ClH/c1-21-16-9-5-6-10-17(16)22-18(14-7-3-2-4-8-14)15-13-19-11-12-20-15;/h2-10,15,18-19H,11-13H2,1H3;1H/t15-,18?;/m1./s1. The van der Waals surface area contributed by atoms with Crippen molar-refractivity contribution in [2.45, 2.75) is 21.1 Å². The molecule has 3 rings (SSSR count). The first-order valence-electron chi connectivity index (χ1n) is 7.55. The van der Waals surface area contributed by atoms with Gasteiger partial charge in [0.05, 0.1) is 18.0 Å². The van der Waals surface area contributed by atoms with Gasteiger partial charge in [0.2, 0.25) is 0 Å². The maximum atomic E-state index is 6.05. The molecule has 1 aliphatic heterocycles. The van der Waals surface area contributed by atoms with Crippen molar-refractivity contribution in [2.75, 3.05) is 26.0 Å². The molecule has 1 N–H and O–H groups in total. The van der Waals surface area contributed by atoms with E-state index in [-0.39, 0.29) is 18.5 Å². The Morgan fingerprint density at radius 2 is 1.74 bits per heavy atom. The van der Waals surface area contributed by atoms with Crippen LogP contribution in [-0.2, 0) is 4.74 Å². The minimum atomic E-state index is 0. The van der Waals surface area contributed by atoms with Crippen molar-refractivity contribution in [2.24, 2.45) is 0 Å². The summed E-state index contributed by atoms with van der Waals surface area (Å²) in [5, 5.41) is 3.76. The first-order valence-corrected chi connectivity index (χ1v) is 9.66. The molecule has 0 bridgehead atoms. The van der Waals surface area contributed by atoms with Gasteiger partial charge in [0.15, 0.2) is 0 Å². The molecule has 1 aliphatic rings. The molecule has 0 saturated carbocycles. The van der Waals surface area contributed by atoms with E-state index in [1.165, 1.54) is 15.4 Å². The van der Waals surface area contributed by atoms with Crippen molar-refractivity contribution in [1.82, 2.24) is 5.32 Å². The lowest BCUT2D eigenvalue weighted by molar-refractivity contribution is 0.0273. The summed E-state index contributed by atoms with van der Waals surface area (Å²) in [6.07, 6.45) is 2.34. The van der Waals surface area contributed by atoms with Gasteiger partial charge in [-0.3, -0.25) is 0 Å². The van der Waals surface area contributed by atoms with Gasteiger partial charge in [-0.15, -0.1) is 35.9 Å². The predicted molar refractivity (Wildman–Crippen MR) is 103 cm³/mol. The van der Waals surface area contributed by atoms with Crippen LogP contribution in [0.15, 0.2) is 64.4 Å². The number of thioether (sulfide) groups is 2. The molecule has 0 amide bonds. The SMILES string of the molecule is CSc1ccccc1SC(c1ccccc1)[C@H]1CNCCO1.Cl. The Kier molecular flexibility index (Phi) is 7.80. The van der Waals surface area contributed by atoms with Crippen LogP contribution in [0.2, 0.25) is 0 Å². The molecule has 1 fully saturated rings. The highest BCUT2D eigenvalue weighted by molar-refractivity contribution is 8.02. The van der Waals surface area contributed by atoms with E-state index in [0.29, 0.717) is 5.25 Å². The van der Waals surface area contributed by atoms with Gasteiger partial charge in [-0.05, 0) is 24.0 Å². The molecule has 1 heterocycles. The Balaban J connectivity index is 0.00000192. The van der Waals surface area contributed by atoms with Crippen LogP contribution >= 0.6 is 35.9 Å². The number of nitrogens with one attached hydrogen (secondary N) is 1. The Morgan fingerprint density at radius 3 is 2.39 bits per heavy atom. The summed E-state index contributed by atoms with van der Waals surface area (Å²) >= 11 is 3.72. The van der Waals surface area contributed by atoms with Gasteiger partial charge in [-0.1, -0.05) is 42.5 Å². The van der Waals surface area contributed by atoms with Gasteiger partial charge in [0.1, 0.15) is 0 Å². The van der Waals surface area contributed by atoms with Crippen LogP contribution in [0.4, 0.5) is 0 Å². The number of halogens is 1. The predicted octanol–water partition coefficient (Wildman–Crippen LogP) is 4.65. The lowest BCUT2D eigenvalue weighted by atomic mass is 10.1. The van der Waals surface area contributed by atoms with Gasteiger partial charge < -0.3 is 10.1 Å². The van der Waals surface area contributed by atoms with Crippen LogP contribution in [0.1, 0.15) is 10.8 Å². The molecule has 23 heavy (non-hydrogen) atoms. The minimum absolute atomic E-state index is 0. The van der Waals surface area contributed by atoms with Gasteiger partial charge in [0.25, 0.3) is 0 Å². The van der Waals surface area contributed by atoms with Crippen LogP contribution in [0.25, 0.3) is 0 Å². The molecule has 2 atom stereocenters. The van der Waals surface area contributed by atoms with E-state index >= 15 is 0 Å². The van der Waals surface area contributed by atoms with E-state index in [1.807, 2.05) is 11.8 Å². The van der Waals surface area contributed by atoms with Gasteiger partial charge in [0, 0.05) is 22.9 Å². The number of benzene rings is 2. The zero-order valence-electron chi connectivity index (χ0n) is 13.1. The highest BCUT2D eigenvalue weighted by atomic mass is 35.5. The third-order valence-corrected chi connectivity index (χ3v) is 6.11. The molecule has 2 aromatic rings. The summed E-state index contributed by atoms with van der Waals surface area (Å²) in [6, 6.07) is 19.3. The van der Waals surface area contributed by atoms with Gasteiger partial charge in [-0.25, -0.2) is 0 Å². The molecular formula is C18H22ClNOS2. The van der Waals surface area contributed by atoms with Crippen molar-refractivity contribution < 1.29 is 4.74 Å². The Bertz CT molecular complexity index is 591. The lowest BCUT2D eigenvalue weighted by Gasteiger charge is -2.31. The van der Waals surface area contributed by atoms with Crippen molar-refractivity contribution >= 4 is 35.9 Å². The number of rotatable bonds is 5. The maximum absolute atomic E-state index is 6.05. The molecule has 1 saturated heterocycles. The number of morpholine rings is 1. The molecule has 0 aliphatic carbocycles. The lowest BCUT2D eigenvalue weighted by Crippen LogP contribution is -2.41. The highest BCUT2D eigenvalue weighted by Crippen LogP contribution is 2.42. The smallest absolute Gasteiger partial charge is 0.0862 e.